The molecule has 0 aliphatic carbocycles. The number of nitrogens with one attached hydrogen (secondary N) is 1. The van der Waals surface area contributed by atoms with Crippen LogP contribution in [-0.2, 0) is 6.42 Å². The predicted molar refractivity (Wildman–Crippen MR) is 73.4 cm³/mol. The maximum Gasteiger partial charge on any atom is 0.251 e. The van der Waals surface area contributed by atoms with Crippen LogP contribution in [0, 0.1) is 6.92 Å². The molecular weight excluding hydrogens is 222 g/mol. The summed E-state index contributed by atoms with van der Waals surface area (Å²) in [7, 11) is 0. The zero-order valence-electron chi connectivity index (χ0n) is 10.2. The first-order valence-electron chi connectivity index (χ1n) is 6.00. The third-order valence-corrected chi connectivity index (χ3v) is 2.76. The maximum absolute atomic E-state index is 11.8. The molecule has 0 fully saturated rings. The number of carbonyl (C=O) groups is 1. The van der Waals surface area contributed by atoms with E-state index in [2.05, 4.69) is 24.4 Å². The van der Waals surface area contributed by atoms with E-state index in [9.17, 15) is 4.79 Å². The summed E-state index contributed by atoms with van der Waals surface area (Å²) >= 11 is 0. The zero-order chi connectivity index (χ0) is 12.8. The number of hydrogen-bond acceptors (Lipinski definition) is 1. The van der Waals surface area contributed by atoms with Gasteiger partial charge in [-0.05, 0) is 36.6 Å². The molecular formula is C16H16NO. The molecule has 0 saturated heterocycles. The molecule has 1 amide bonds. The highest BCUT2D eigenvalue weighted by Gasteiger charge is 2.03. The first-order valence-corrected chi connectivity index (χ1v) is 6.00. The lowest BCUT2D eigenvalue weighted by molar-refractivity contribution is 0.0954. The van der Waals surface area contributed by atoms with Gasteiger partial charge in [0.05, 0.1) is 0 Å². The highest BCUT2D eigenvalue weighted by molar-refractivity contribution is 5.94. The Morgan fingerprint density at radius 2 is 1.67 bits per heavy atom. The second-order valence-corrected chi connectivity index (χ2v) is 4.19. The summed E-state index contributed by atoms with van der Waals surface area (Å²) in [6.07, 6.45) is 0.847. The highest BCUT2D eigenvalue weighted by atomic mass is 16.1. The van der Waals surface area contributed by atoms with Crippen molar-refractivity contribution >= 4 is 5.91 Å². The summed E-state index contributed by atoms with van der Waals surface area (Å²) in [5.41, 5.74) is 2.82. The van der Waals surface area contributed by atoms with Crippen LogP contribution >= 0.6 is 0 Å². The predicted octanol–water partition coefficient (Wildman–Crippen LogP) is 2.84. The summed E-state index contributed by atoms with van der Waals surface area (Å²) in [4.78, 5) is 11.8. The molecule has 0 bridgehead atoms. The monoisotopic (exact) mass is 238 g/mol. The molecule has 2 nitrogen and oxygen atoms in total. The van der Waals surface area contributed by atoms with Crippen molar-refractivity contribution in [3.8, 4) is 0 Å². The summed E-state index contributed by atoms with van der Waals surface area (Å²) in [6, 6.07) is 17.4. The minimum Gasteiger partial charge on any atom is -0.352 e. The number of amides is 1. The lowest BCUT2D eigenvalue weighted by Gasteiger charge is -2.05. The minimum absolute atomic E-state index is 0.0362. The Morgan fingerprint density at radius 1 is 1.00 bits per heavy atom. The van der Waals surface area contributed by atoms with Crippen molar-refractivity contribution in [2.24, 2.45) is 0 Å². The number of rotatable bonds is 4. The molecule has 2 rings (SSSR count). The van der Waals surface area contributed by atoms with Crippen molar-refractivity contribution in [1.82, 2.24) is 5.32 Å². The van der Waals surface area contributed by atoms with E-state index in [-0.39, 0.29) is 5.91 Å². The molecule has 0 saturated carbocycles. The van der Waals surface area contributed by atoms with Gasteiger partial charge in [0, 0.05) is 12.1 Å². The molecule has 0 atom stereocenters. The van der Waals surface area contributed by atoms with Gasteiger partial charge in [-0.1, -0.05) is 42.5 Å². The Morgan fingerprint density at radius 3 is 2.33 bits per heavy atom. The number of benzene rings is 2. The fourth-order valence-electron chi connectivity index (χ4n) is 1.72. The van der Waals surface area contributed by atoms with Gasteiger partial charge in [-0.2, -0.15) is 0 Å². The van der Waals surface area contributed by atoms with Gasteiger partial charge < -0.3 is 5.32 Å². The molecule has 91 valence electrons. The van der Waals surface area contributed by atoms with Crippen molar-refractivity contribution < 1.29 is 4.79 Å². The average Bonchev–Trinajstić information content (AvgIpc) is 2.40. The summed E-state index contributed by atoms with van der Waals surface area (Å²) < 4.78 is 0. The smallest absolute Gasteiger partial charge is 0.251 e. The van der Waals surface area contributed by atoms with Gasteiger partial charge in [0.1, 0.15) is 0 Å². The normalized spacial score (nSPS) is 10.1. The Bertz CT molecular complexity index is 502. The lowest BCUT2D eigenvalue weighted by Crippen LogP contribution is -2.25. The largest absolute Gasteiger partial charge is 0.352 e. The van der Waals surface area contributed by atoms with Crippen molar-refractivity contribution in [2.75, 3.05) is 6.54 Å². The quantitative estimate of drug-likeness (QED) is 0.872. The third kappa shape index (κ3) is 3.45. The first-order chi connectivity index (χ1) is 8.75. The average molecular weight is 238 g/mol. The lowest BCUT2D eigenvalue weighted by atomic mass is 10.1. The standard InChI is InChI=1S/C16H16NO/c1-13-7-9-15(10-8-13)16(18)17-12-11-14-5-3-2-4-6-14/h2-10H,1,11-12H2,(H,17,18). The van der Waals surface area contributed by atoms with Gasteiger partial charge >= 0.3 is 0 Å². The molecule has 0 aliphatic rings. The third-order valence-electron chi connectivity index (χ3n) is 2.76. The molecule has 0 unspecified atom stereocenters. The van der Waals surface area contributed by atoms with Gasteiger partial charge in [0.2, 0.25) is 0 Å². The second-order valence-electron chi connectivity index (χ2n) is 4.19. The van der Waals surface area contributed by atoms with Crippen molar-refractivity contribution in [1.29, 1.82) is 0 Å². The van der Waals surface area contributed by atoms with Crippen LogP contribution in [0.3, 0.4) is 0 Å². The molecule has 0 spiro atoms. The van der Waals surface area contributed by atoms with Gasteiger partial charge in [0.25, 0.3) is 5.91 Å². The van der Waals surface area contributed by atoms with E-state index < -0.39 is 0 Å². The molecule has 1 N–H and O–H groups in total. The molecule has 0 aliphatic heterocycles. The van der Waals surface area contributed by atoms with Crippen molar-refractivity contribution in [2.45, 2.75) is 6.42 Å². The van der Waals surface area contributed by atoms with E-state index in [1.54, 1.807) is 12.1 Å². The van der Waals surface area contributed by atoms with Crippen LogP contribution in [0.1, 0.15) is 21.5 Å². The van der Waals surface area contributed by atoms with Crippen LogP contribution in [0.5, 0.6) is 0 Å². The van der Waals surface area contributed by atoms with Crippen LogP contribution in [0.15, 0.2) is 54.6 Å². The Hall–Kier alpha value is -2.09. The number of hydrogen-bond donors (Lipinski definition) is 1. The highest BCUT2D eigenvalue weighted by Crippen LogP contribution is 2.03. The van der Waals surface area contributed by atoms with Gasteiger partial charge in [-0.3, -0.25) is 4.79 Å². The van der Waals surface area contributed by atoms with Crippen LogP contribution < -0.4 is 5.32 Å². The topological polar surface area (TPSA) is 29.1 Å². The molecule has 0 heterocycles. The van der Waals surface area contributed by atoms with Crippen LogP contribution in [0.2, 0.25) is 0 Å². The van der Waals surface area contributed by atoms with Gasteiger partial charge in [0.15, 0.2) is 0 Å². The zero-order valence-corrected chi connectivity index (χ0v) is 10.2. The summed E-state index contributed by atoms with van der Waals surface area (Å²) in [5.74, 6) is -0.0362. The van der Waals surface area contributed by atoms with E-state index in [0.717, 1.165) is 12.0 Å². The molecule has 2 aromatic carbocycles. The van der Waals surface area contributed by atoms with E-state index >= 15 is 0 Å². The summed E-state index contributed by atoms with van der Waals surface area (Å²) in [5, 5.41) is 2.91. The molecule has 18 heavy (non-hydrogen) atoms. The maximum atomic E-state index is 11.8. The minimum atomic E-state index is -0.0362. The van der Waals surface area contributed by atoms with Gasteiger partial charge in [-0.15, -0.1) is 0 Å². The van der Waals surface area contributed by atoms with E-state index in [0.29, 0.717) is 12.1 Å². The van der Waals surface area contributed by atoms with E-state index in [1.165, 1.54) is 5.56 Å². The molecule has 2 aromatic rings. The molecule has 1 radical (unpaired) electrons. The van der Waals surface area contributed by atoms with Crippen LogP contribution in [0.4, 0.5) is 0 Å². The SMILES string of the molecule is [CH2]c1ccc(C(=O)NCCc2ccccc2)cc1. The summed E-state index contributed by atoms with van der Waals surface area (Å²) in [6.45, 7) is 4.44. The second kappa shape index (κ2) is 6.01. The van der Waals surface area contributed by atoms with Crippen molar-refractivity contribution in [3.05, 3.63) is 78.2 Å². The van der Waals surface area contributed by atoms with Gasteiger partial charge in [-0.25, -0.2) is 0 Å². The van der Waals surface area contributed by atoms with Crippen molar-refractivity contribution in [3.63, 3.8) is 0 Å². The van der Waals surface area contributed by atoms with Crippen LogP contribution in [0.25, 0.3) is 0 Å². The van der Waals surface area contributed by atoms with E-state index in [4.69, 9.17) is 0 Å². The molecule has 2 heteroatoms. The Balaban J connectivity index is 1.84. The fraction of sp³-hybridized carbons (Fsp3) is 0.125. The Labute approximate surface area is 108 Å². The van der Waals surface area contributed by atoms with Crippen LogP contribution in [-0.4, -0.2) is 12.5 Å². The Kier molecular flexibility index (Phi) is 4.13. The molecule has 0 aromatic heterocycles. The van der Waals surface area contributed by atoms with E-state index in [1.807, 2.05) is 30.3 Å². The number of carbonyl (C=O) groups excluding carboxylic acids is 1. The first kappa shape index (κ1) is 12.4. The fourth-order valence-corrected chi connectivity index (χ4v) is 1.72.